The molecule has 2 heterocycles. The predicted octanol–water partition coefficient (Wildman–Crippen LogP) is 5.27. The molecule has 1 aliphatic carbocycles. The van der Waals surface area contributed by atoms with Crippen LogP contribution in [-0.4, -0.2) is 18.7 Å². The van der Waals surface area contributed by atoms with Crippen molar-refractivity contribution in [2.75, 3.05) is 6.61 Å². The summed E-state index contributed by atoms with van der Waals surface area (Å²) in [7, 11) is 0. The lowest BCUT2D eigenvalue weighted by molar-refractivity contribution is -0.152. The lowest BCUT2D eigenvalue weighted by Gasteiger charge is -2.21. The number of fused-ring (bicyclic) bond motifs is 1. The summed E-state index contributed by atoms with van der Waals surface area (Å²) in [6, 6.07) is 6.55. The van der Waals surface area contributed by atoms with Gasteiger partial charge >= 0.3 is 5.97 Å². The van der Waals surface area contributed by atoms with Crippen LogP contribution >= 0.6 is 11.6 Å². The summed E-state index contributed by atoms with van der Waals surface area (Å²) in [5.74, 6) is -0.163. The van der Waals surface area contributed by atoms with Crippen molar-refractivity contribution in [3.05, 3.63) is 51.3 Å². The van der Waals surface area contributed by atoms with E-state index in [1.807, 2.05) is 6.92 Å². The van der Waals surface area contributed by atoms with Crippen molar-refractivity contribution < 1.29 is 23.1 Å². The number of ether oxygens (including phenoxy) is 2. The molecule has 6 nitrogen and oxygen atoms in total. The highest BCUT2D eigenvalue weighted by molar-refractivity contribution is 6.32. The molecule has 0 atom stereocenters. The third-order valence-corrected chi connectivity index (χ3v) is 5.47. The molecule has 0 saturated heterocycles. The monoisotopic (exact) mass is 416 g/mol. The third-order valence-electron chi connectivity index (χ3n) is 5.06. The summed E-state index contributed by atoms with van der Waals surface area (Å²) in [6.07, 6.45) is 6.37. The van der Waals surface area contributed by atoms with Gasteiger partial charge in [-0.25, -0.2) is 4.79 Å². The second-order valence-electron chi connectivity index (χ2n) is 7.20. The van der Waals surface area contributed by atoms with E-state index in [1.165, 1.54) is 12.3 Å². The average Bonchev–Trinajstić information content (AvgIpc) is 3.24. The van der Waals surface area contributed by atoms with Gasteiger partial charge in [0.1, 0.15) is 11.7 Å². The van der Waals surface area contributed by atoms with E-state index in [0.717, 1.165) is 37.7 Å². The Balaban J connectivity index is 1.65. The van der Waals surface area contributed by atoms with Gasteiger partial charge in [-0.1, -0.05) is 18.0 Å². The summed E-state index contributed by atoms with van der Waals surface area (Å²) in [4.78, 5) is 25.3. The van der Waals surface area contributed by atoms with Crippen molar-refractivity contribution in [2.24, 2.45) is 0 Å². The van der Waals surface area contributed by atoms with Gasteiger partial charge in [-0.2, -0.15) is 0 Å². The number of hydrogen-bond donors (Lipinski definition) is 0. The summed E-state index contributed by atoms with van der Waals surface area (Å²) in [6.45, 7) is 1.43. The maximum Gasteiger partial charge on any atom is 0.344 e. The number of carbonyl (C=O) groups is 1. The van der Waals surface area contributed by atoms with Crippen molar-refractivity contribution in [3.63, 3.8) is 0 Å². The van der Waals surface area contributed by atoms with Crippen LogP contribution in [0, 0.1) is 6.92 Å². The van der Waals surface area contributed by atoms with Crippen LogP contribution in [0.2, 0.25) is 5.02 Å². The summed E-state index contributed by atoms with van der Waals surface area (Å²) in [5, 5.41) is 0.713. The van der Waals surface area contributed by atoms with Crippen LogP contribution in [-0.2, 0) is 9.53 Å². The molecule has 2 aromatic heterocycles. The van der Waals surface area contributed by atoms with E-state index in [0.29, 0.717) is 16.4 Å². The Morgan fingerprint density at radius 3 is 2.76 bits per heavy atom. The molecule has 1 fully saturated rings. The van der Waals surface area contributed by atoms with E-state index in [-0.39, 0.29) is 29.6 Å². The van der Waals surface area contributed by atoms with Crippen LogP contribution in [0.3, 0.4) is 0 Å². The van der Waals surface area contributed by atoms with E-state index in [1.54, 1.807) is 18.2 Å². The lowest BCUT2D eigenvalue weighted by Crippen LogP contribution is -2.25. The molecule has 0 radical (unpaired) electrons. The number of furan rings is 1. The minimum atomic E-state index is -0.510. The molecule has 1 aromatic carbocycles. The number of aryl methyl sites for hydroxylation is 1. The Morgan fingerprint density at radius 2 is 2.03 bits per heavy atom. The molecule has 3 aromatic rings. The molecule has 29 heavy (non-hydrogen) atoms. The van der Waals surface area contributed by atoms with Crippen LogP contribution in [0.5, 0.6) is 5.75 Å². The highest BCUT2D eigenvalue weighted by atomic mass is 35.5. The van der Waals surface area contributed by atoms with E-state index < -0.39 is 11.4 Å². The lowest BCUT2D eigenvalue weighted by atomic mass is 9.98. The van der Waals surface area contributed by atoms with E-state index in [9.17, 15) is 9.59 Å². The Kier molecular flexibility index (Phi) is 5.62. The van der Waals surface area contributed by atoms with Crippen LogP contribution in [0.25, 0.3) is 22.5 Å². The fraction of sp³-hybridized carbons (Fsp3) is 0.364. The zero-order chi connectivity index (χ0) is 20.4. The summed E-state index contributed by atoms with van der Waals surface area (Å²) >= 11 is 6.17. The standard InChI is InChI=1S/C22H21ClO6/c1-13-10-18-15(11-16(13)23)20(25)22(21(29-18)17-8-5-9-26-17)27-12-19(24)28-14-6-3-2-4-7-14/h5,8-11,14H,2-4,6-7,12H2,1H3. The zero-order valence-electron chi connectivity index (χ0n) is 16.0. The van der Waals surface area contributed by atoms with Gasteiger partial charge < -0.3 is 18.3 Å². The normalized spacial score (nSPS) is 14.8. The molecule has 0 bridgehead atoms. The number of halogens is 1. The molecular formula is C22H21ClO6. The fourth-order valence-electron chi connectivity index (χ4n) is 3.53. The molecule has 0 aliphatic heterocycles. The maximum absolute atomic E-state index is 13.1. The maximum atomic E-state index is 13.1. The summed E-state index contributed by atoms with van der Waals surface area (Å²) < 4.78 is 22.4. The molecule has 0 amide bonds. The number of carbonyl (C=O) groups excluding carboxylic acids is 1. The largest absolute Gasteiger partial charge is 0.474 e. The zero-order valence-corrected chi connectivity index (χ0v) is 16.8. The highest BCUT2D eigenvalue weighted by Gasteiger charge is 2.23. The first-order chi connectivity index (χ1) is 14.0. The predicted molar refractivity (Wildman–Crippen MR) is 108 cm³/mol. The number of benzene rings is 1. The molecular weight excluding hydrogens is 396 g/mol. The van der Waals surface area contributed by atoms with Crippen molar-refractivity contribution >= 4 is 28.5 Å². The number of rotatable bonds is 5. The van der Waals surface area contributed by atoms with Crippen LogP contribution in [0.4, 0.5) is 0 Å². The first-order valence-corrected chi connectivity index (χ1v) is 10.0. The highest BCUT2D eigenvalue weighted by Crippen LogP contribution is 2.33. The van der Waals surface area contributed by atoms with Gasteiger partial charge in [-0.3, -0.25) is 4.79 Å². The van der Waals surface area contributed by atoms with E-state index in [2.05, 4.69) is 0 Å². The second-order valence-corrected chi connectivity index (χ2v) is 7.61. The van der Waals surface area contributed by atoms with E-state index in [4.69, 9.17) is 29.9 Å². The van der Waals surface area contributed by atoms with Gasteiger partial charge in [0.2, 0.25) is 16.9 Å². The van der Waals surface area contributed by atoms with Crippen LogP contribution in [0.1, 0.15) is 37.7 Å². The first-order valence-electron chi connectivity index (χ1n) is 9.66. The van der Waals surface area contributed by atoms with Crippen LogP contribution < -0.4 is 10.2 Å². The molecule has 7 heteroatoms. The fourth-order valence-corrected chi connectivity index (χ4v) is 3.70. The second kappa shape index (κ2) is 8.33. The third kappa shape index (κ3) is 4.17. The van der Waals surface area contributed by atoms with Gasteiger partial charge in [0.05, 0.1) is 11.6 Å². The quantitative estimate of drug-likeness (QED) is 0.527. The van der Waals surface area contributed by atoms with Gasteiger partial charge in [-0.05, 0) is 62.4 Å². The molecule has 152 valence electrons. The van der Waals surface area contributed by atoms with Gasteiger partial charge in [0, 0.05) is 5.02 Å². The average molecular weight is 417 g/mol. The number of hydrogen-bond acceptors (Lipinski definition) is 6. The minimum Gasteiger partial charge on any atom is -0.474 e. The van der Waals surface area contributed by atoms with Crippen molar-refractivity contribution in [1.82, 2.24) is 0 Å². The van der Waals surface area contributed by atoms with Crippen molar-refractivity contribution in [3.8, 4) is 17.3 Å². The SMILES string of the molecule is Cc1cc2oc(-c3ccco3)c(OCC(=O)OC3CCCCC3)c(=O)c2cc1Cl. The number of esters is 1. The molecule has 0 unspecified atom stereocenters. The van der Waals surface area contributed by atoms with Gasteiger partial charge in [-0.15, -0.1) is 0 Å². The van der Waals surface area contributed by atoms with Crippen molar-refractivity contribution in [1.29, 1.82) is 0 Å². The Hall–Kier alpha value is -2.73. The van der Waals surface area contributed by atoms with Crippen molar-refractivity contribution in [2.45, 2.75) is 45.1 Å². The Bertz CT molecular complexity index is 1080. The topological polar surface area (TPSA) is 78.9 Å². The minimum absolute atomic E-state index is 0.0841. The molecule has 1 saturated carbocycles. The smallest absolute Gasteiger partial charge is 0.344 e. The molecule has 0 N–H and O–H groups in total. The van der Waals surface area contributed by atoms with Gasteiger partial charge in [0.15, 0.2) is 12.4 Å². The van der Waals surface area contributed by atoms with E-state index >= 15 is 0 Å². The van der Waals surface area contributed by atoms with Gasteiger partial charge in [0.25, 0.3) is 0 Å². The Labute approximate surface area is 172 Å². The Morgan fingerprint density at radius 1 is 1.24 bits per heavy atom. The molecule has 4 rings (SSSR count). The van der Waals surface area contributed by atoms with Crippen LogP contribution in [0.15, 0.2) is 44.2 Å². The molecule has 0 spiro atoms. The molecule has 1 aliphatic rings. The summed E-state index contributed by atoms with van der Waals surface area (Å²) in [5.41, 5.74) is 0.711. The first kappa shape index (κ1) is 19.6.